The molecule has 3 aromatic rings. The van der Waals surface area contributed by atoms with Crippen molar-refractivity contribution in [1.82, 2.24) is 24.6 Å². The smallest absolute Gasteiger partial charge is 0.435 e. The number of pyridine rings is 1. The van der Waals surface area contributed by atoms with Gasteiger partial charge in [-0.25, -0.2) is 0 Å². The van der Waals surface area contributed by atoms with E-state index in [0.29, 0.717) is 16.7 Å². The molecule has 1 fully saturated rings. The number of hydrogen-bond donors (Lipinski definition) is 1. The first-order valence-electron chi connectivity index (χ1n) is 10.4. The van der Waals surface area contributed by atoms with Gasteiger partial charge >= 0.3 is 6.18 Å². The lowest BCUT2D eigenvalue weighted by molar-refractivity contribution is -0.141. The van der Waals surface area contributed by atoms with Crippen LogP contribution in [0.25, 0.3) is 10.9 Å². The number of aryl methyl sites for hydroxylation is 2. The molecule has 0 unspecified atom stereocenters. The zero-order valence-corrected chi connectivity index (χ0v) is 18.7. The molecule has 0 aliphatic carbocycles. The number of ether oxygens (including phenoxy) is 1. The second-order valence-corrected chi connectivity index (χ2v) is 8.03. The van der Waals surface area contributed by atoms with Crippen LogP contribution in [0, 0.1) is 6.92 Å². The maximum Gasteiger partial charge on any atom is 0.435 e. The highest BCUT2D eigenvalue weighted by molar-refractivity contribution is 5.98. The second kappa shape index (κ2) is 8.50. The second-order valence-electron chi connectivity index (χ2n) is 8.03. The van der Waals surface area contributed by atoms with Crippen LogP contribution < -0.4 is 10.2 Å². The van der Waals surface area contributed by atoms with Crippen molar-refractivity contribution in [3.05, 3.63) is 57.1 Å². The molecule has 1 N–H and O–H groups in total. The molecule has 4 rings (SSSR count). The molecule has 0 saturated carbocycles. The number of nitrogens with zero attached hydrogens (tertiary/aromatic N) is 4. The zero-order chi connectivity index (χ0) is 24.8. The molecule has 34 heavy (non-hydrogen) atoms. The van der Waals surface area contributed by atoms with E-state index in [1.54, 1.807) is 19.1 Å². The third kappa shape index (κ3) is 4.11. The van der Waals surface area contributed by atoms with Crippen LogP contribution in [0.1, 0.15) is 32.1 Å². The molecule has 2 aromatic heterocycles. The first-order valence-corrected chi connectivity index (χ1v) is 10.4. The van der Waals surface area contributed by atoms with Gasteiger partial charge in [0.05, 0.1) is 23.6 Å². The van der Waals surface area contributed by atoms with E-state index < -0.39 is 29.2 Å². The summed E-state index contributed by atoms with van der Waals surface area (Å²) in [4.78, 5) is 44.2. The highest BCUT2D eigenvalue weighted by Crippen LogP contribution is 2.31. The van der Waals surface area contributed by atoms with Crippen LogP contribution in [0.4, 0.5) is 13.2 Å². The van der Waals surface area contributed by atoms with Gasteiger partial charge in [0.15, 0.2) is 11.1 Å². The largest absolute Gasteiger partial charge is 0.495 e. The standard InChI is InChI=1S/C22H22F3N5O4/c1-12-4-5-16(34-3)18-17(12)15(31)10-14(26-18)21(33)30-8-6-29(7-9-30)20(32)13-11-28(2)27-19(13)22(23,24)25/h4-5,10-11H,6-9H2,1-3H3,(H,26,31). The number of carbonyl (C=O) groups is 2. The van der Waals surface area contributed by atoms with Crippen molar-refractivity contribution in [2.24, 2.45) is 7.05 Å². The fourth-order valence-electron chi connectivity index (χ4n) is 4.10. The molecule has 1 aliphatic rings. The molecular formula is C22H22F3N5O4. The van der Waals surface area contributed by atoms with Crippen LogP contribution in [0.15, 0.2) is 29.2 Å². The summed E-state index contributed by atoms with van der Waals surface area (Å²) in [5, 5.41) is 3.79. The van der Waals surface area contributed by atoms with Gasteiger partial charge in [-0.3, -0.25) is 19.1 Å². The monoisotopic (exact) mass is 477 g/mol. The Labute approximate surface area is 191 Å². The summed E-state index contributed by atoms with van der Waals surface area (Å²) in [6.07, 6.45) is -3.72. The summed E-state index contributed by atoms with van der Waals surface area (Å²) >= 11 is 0. The molecule has 1 aromatic carbocycles. The lowest BCUT2D eigenvalue weighted by Gasteiger charge is -2.34. The number of alkyl halides is 3. The Kier molecular flexibility index (Phi) is 5.84. The Morgan fingerprint density at radius 3 is 2.29 bits per heavy atom. The first-order chi connectivity index (χ1) is 16.0. The molecule has 1 aliphatic heterocycles. The minimum atomic E-state index is -4.76. The normalized spacial score (nSPS) is 14.5. The fraction of sp³-hybridized carbons (Fsp3) is 0.364. The summed E-state index contributed by atoms with van der Waals surface area (Å²) in [5.74, 6) is -0.835. The summed E-state index contributed by atoms with van der Waals surface area (Å²) in [7, 11) is 2.77. The van der Waals surface area contributed by atoms with E-state index in [2.05, 4.69) is 10.1 Å². The average Bonchev–Trinajstić information content (AvgIpc) is 3.20. The minimum Gasteiger partial charge on any atom is -0.495 e. The number of carbonyl (C=O) groups excluding carboxylic acids is 2. The van der Waals surface area contributed by atoms with Gasteiger partial charge in [0.1, 0.15) is 11.4 Å². The van der Waals surface area contributed by atoms with Gasteiger partial charge in [0.25, 0.3) is 11.8 Å². The van der Waals surface area contributed by atoms with Crippen LogP contribution in [-0.4, -0.2) is 69.7 Å². The van der Waals surface area contributed by atoms with E-state index in [4.69, 9.17) is 4.74 Å². The topological polar surface area (TPSA) is 101 Å². The van der Waals surface area contributed by atoms with Gasteiger partial charge in [-0.05, 0) is 18.6 Å². The molecule has 9 nitrogen and oxygen atoms in total. The number of methoxy groups -OCH3 is 1. The Hall–Kier alpha value is -3.83. The number of aromatic nitrogens is 3. The number of amides is 2. The number of benzene rings is 1. The molecule has 2 amide bonds. The summed E-state index contributed by atoms with van der Waals surface area (Å²) in [6.45, 7) is 2.05. The van der Waals surface area contributed by atoms with Gasteiger partial charge in [-0.2, -0.15) is 18.3 Å². The molecule has 0 atom stereocenters. The SMILES string of the molecule is COc1ccc(C)c2c(=O)cc(C(=O)N3CCN(C(=O)c4cn(C)nc4C(F)(F)F)CC3)[nH]c12. The molecule has 12 heteroatoms. The maximum atomic E-state index is 13.2. The summed E-state index contributed by atoms with van der Waals surface area (Å²) in [6, 6.07) is 4.67. The van der Waals surface area contributed by atoms with Gasteiger partial charge in [-0.15, -0.1) is 0 Å². The van der Waals surface area contributed by atoms with Gasteiger partial charge in [-0.1, -0.05) is 6.07 Å². The summed E-state index contributed by atoms with van der Waals surface area (Å²) in [5.41, 5.74) is -0.904. The van der Waals surface area contributed by atoms with Gasteiger partial charge < -0.3 is 19.5 Å². The first kappa shape index (κ1) is 23.3. The maximum absolute atomic E-state index is 13.2. The average molecular weight is 477 g/mol. The van der Waals surface area contributed by atoms with E-state index in [-0.39, 0.29) is 37.3 Å². The van der Waals surface area contributed by atoms with Crippen LogP contribution in [0.3, 0.4) is 0 Å². The van der Waals surface area contributed by atoms with Crippen molar-refractivity contribution in [3.63, 3.8) is 0 Å². The van der Waals surface area contributed by atoms with Crippen LogP contribution in [0.2, 0.25) is 0 Å². The number of halogens is 3. The molecular weight excluding hydrogens is 455 g/mol. The third-order valence-corrected chi connectivity index (χ3v) is 5.79. The predicted octanol–water partition coefficient (Wildman–Crippen LogP) is 2.20. The molecule has 1 saturated heterocycles. The quantitative estimate of drug-likeness (QED) is 0.624. The van der Waals surface area contributed by atoms with Gasteiger partial charge in [0.2, 0.25) is 0 Å². The Balaban J connectivity index is 1.53. The van der Waals surface area contributed by atoms with Crippen molar-refractivity contribution < 1.29 is 27.5 Å². The van der Waals surface area contributed by atoms with E-state index in [1.165, 1.54) is 30.0 Å². The van der Waals surface area contributed by atoms with Crippen LogP contribution in [-0.2, 0) is 13.2 Å². The van der Waals surface area contributed by atoms with Crippen molar-refractivity contribution >= 4 is 22.7 Å². The Morgan fingerprint density at radius 2 is 1.71 bits per heavy atom. The summed E-state index contributed by atoms with van der Waals surface area (Å²) < 4.78 is 45.9. The van der Waals surface area contributed by atoms with Crippen molar-refractivity contribution in [2.75, 3.05) is 33.3 Å². The van der Waals surface area contributed by atoms with Crippen molar-refractivity contribution in [2.45, 2.75) is 13.1 Å². The number of fused-ring (bicyclic) bond motifs is 1. The molecule has 3 heterocycles. The lowest BCUT2D eigenvalue weighted by Crippen LogP contribution is -2.51. The Morgan fingerprint density at radius 1 is 1.09 bits per heavy atom. The van der Waals surface area contributed by atoms with Gasteiger partial charge in [0, 0.05) is 45.5 Å². The van der Waals surface area contributed by atoms with E-state index in [0.717, 1.165) is 16.4 Å². The van der Waals surface area contributed by atoms with E-state index >= 15 is 0 Å². The minimum absolute atomic E-state index is 0.0387. The number of nitrogens with one attached hydrogen (secondary N) is 1. The van der Waals surface area contributed by atoms with E-state index in [1.807, 2.05) is 0 Å². The van der Waals surface area contributed by atoms with Crippen molar-refractivity contribution in [1.29, 1.82) is 0 Å². The molecule has 0 bridgehead atoms. The highest BCUT2D eigenvalue weighted by atomic mass is 19.4. The number of rotatable bonds is 3. The third-order valence-electron chi connectivity index (χ3n) is 5.79. The number of hydrogen-bond acceptors (Lipinski definition) is 5. The highest BCUT2D eigenvalue weighted by Gasteiger charge is 2.40. The number of H-pyrrole nitrogens is 1. The molecule has 180 valence electrons. The number of piperazine rings is 1. The van der Waals surface area contributed by atoms with Crippen LogP contribution >= 0.6 is 0 Å². The molecule has 0 spiro atoms. The number of aromatic amines is 1. The predicted molar refractivity (Wildman–Crippen MR) is 116 cm³/mol. The van der Waals surface area contributed by atoms with Crippen LogP contribution in [0.5, 0.6) is 5.75 Å². The zero-order valence-electron chi connectivity index (χ0n) is 18.7. The molecule has 0 radical (unpaired) electrons. The Bertz CT molecular complexity index is 1340. The van der Waals surface area contributed by atoms with E-state index in [9.17, 15) is 27.6 Å². The van der Waals surface area contributed by atoms with Crippen molar-refractivity contribution in [3.8, 4) is 5.75 Å². The fourth-order valence-corrected chi connectivity index (χ4v) is 4.10. The lowest BCUT2D eigenvalue weighted by atomic mass is 10.1.